The van der Waals surface area contributed by atoms with Gasteiger partial charge in [0.25, 0.3) is 0 Å². The number of rotatable bonds is 3. The molecule has 0 unspecified atom stereocenters. The maximum atomic E-state index is 12.3. The van der Waals surface area contributed by atoms with Crippen molar-refractivity contribution in [3.8, 4) is 5.75 Å². The molecule has 104 valence electrons. The predicted molar refractivity (Wildman–Crippen MR) is 76.5 cm³/mol. The molecule has 0 saturated carbocycles. The number of benzene rings is 1. The van der Waals surface area contributed by atoms with Crippen LogP contribution in [0.5, 0.6) is 5.75 Å². The van der Waals surface area contributed by atoms with E-state index in [0.29, 0.717) is 11.8 Å². The first-order valence-corrected chi connectivity index (χ1v) is 6.79. The fourth-order valence-electron chi connectivity index (χ4n) is 2.52. The number of nitrogens with one attached hydrogen (secondary N) is 2. The molecule has 1 aliphatic heterocycles. The average Bonchev–Trinajstić information content (AvgIpc) is 2.39. The standard InChI is InChI=1S/C15H22N2O2/c1-10-4-5-14(19-3)13(8-10)17-15(18)12-6-7-16-11(2)9-12/h4-5,8,11-12,16H,6-7,9H2,1-3H3,(H,17,18)/t11-,12-/m0/s1. The molecule has 4 nitrogen and oxygen atoms in total. The van der Waals surface area contributed by atoms with Crippen molar-refractivity contribution in [1.29, 1.82) is 0 Å². The molecule has 1 heterocycles. The number of hydrogen-bond acceptors (Lipinski definition) is 3. The van der Waals surface area contributed by atoms with Crippen LogP contribution < -0.4 is 15.4 Å². The lowest BCUT2D eigenvalue weighted by molar-refractivity contribution is -0.120. The minimum atomic E-state index is 0.0847. The van der Waals surface area contributed by atoms with Crippen LogP contribution in [0.15, 0.2) is 18.2 Å². The van der Waals surface area contributed by atoms with E-state index in [9.17, 15) is 4.79 Å². The zero-order chi connectivity index (χ0) is 13.8. The lowest BCUT2D eigenvalue weighted by atomic mass is 9.92. The molecule has 1 saturated heterocycles. The summed E-state index contributed by atoms with van der Waals surface area (Å²) in [7, 11) is 1.62. The van der Waals surface area contributed by atoms with E-state index >= 15 is 0 Å². The van der Waals surface area contributed by atoms with Crippen molar-refractivity contribution in [3.63, 3.8) is 0 Å². The van der Waals surface area contributed by atoms with E-state index in [-0.39, 0.29) is 11.8 Å². The van der Waals surface area contributed by atoms with Gasteiger partial charge in [-0.2, -0.15) is 0 Å². The highest BCUT2D eigenvalue weighted by molar-refractivity contribution is 5.94. The molecule has 0 bridgehead atoms. The van der Waals surface area contributed by atoms with Gasteiger partial charge >= 0.3 is 0 Å². The fraction of sp³-hybridized carbons (Fsp3) is 0.533. The molecular weight excluding hydrogens is 240 g/mol. The van der Waals surface area contributed by atoms with E-state index in [0.717, 1.165) is 30.6 Å². The molecule has 0 radical (unpaired) electrons. The Bertz CT molecular complexity index is 459. The van der Waals surface area contributed by atoms with Crippen molar-refractivity contribution in [3.05, 3.63) is 23.8 Å². The molecule has 1 fully saturated rings. The highest BCUT2D eigenvalue weighted by Gasteiger charge is 2.25. The number of methoxy groups -OCH3 is 1. The Labute approximate surface area is 114 Å². The Hall–Kier alpha value is -1.55. The van der Waals surface area contributed by atoms with Crippen molar-refractivity contribution in [2.45, 2.75) is 32.7 Å². The van der Waals surface area contributed by atoms with Crippen LogP contribution in [0.4, 0.5) is 5.69 Å². The minimum absolute atomic E-state index is 0.0847. The van der Waals surface area contributed by atoms with Gasteiger partial charge in [-0.15, -0.1) is 0 Å². The average molecular weight is 262 g/mol. The largest absolute Gasteiger partial charge is 0.495 e. The molecule has 2 atom stereocenters. The normalized spacial score (nSPS) is 22.9. The van der Waals surface area contributed by atoms with Gasteiger partial charge in [0, 0.05) is 12.0 Å². The number of ether oxygens (including phenoxy) is 1. The summed E-state index contributed by atoms with van der Waals surface area (Å²) < 4.78 is 5.28. The third-order valence-corrected chi connectivity index (χ3v) is 3.61. The lowest BCUT2D eigenvalue weighted by Gasteiger charge is -2.27. The summed E-state index contributed by atoms with van der Waals surface area (Å²) in [6, 6.07) is 6.21. The number of amides is 1. The maximum Gasteiger partial charge on any atom is 0.227 e. The first-order chi connectivity index (χ1) is 9.10. The number of piperidine rings is 1. The van der Waals surface area contributed by atoms with Crippen LogP contribution in [-0.4, -0.2) is 25.6 Å². The molecule has 0 aromatic heterocycles. The number of anilines is 1. The maximum absolute atomic E-state index is 12.3. The highest BCUT2D eigenvalue weighted by Crippen LogP contribution is 2.27. The van der Waals surface area contributed by atoms with Crippen LogP contribution >= 0.6 is 0 Å². The second-order valence-electron chi connectivity index (χ2n) is 5.27. The van der Waals surface area contributed by atoms with Crippen molar-refractivity contribution in [1.82, 2.24) is 5.32 Å². The Balaban J connectivity index is 2.07. The van der Waals surface area contributed by atoms with Crippen LogP contribution in [0, 0.1) is 12.8 Å². The van der Waals surface area contributed by atoms with Gasteiger partial charge in [-0.05, 0) is 50.9 Å². The third kappa shape index (κ3) is 3.47. The van der Waals surface area contributed by atoms with Gasteiger partial charge in [-0.25, -0.2) is 0 Å². The fourth-order valence-corrected chi connectivity index (χ4v) is 2.52. The summed E-state index contributed by atoms with van der Waals surface area (Å²) in [5.74, 6) is 0.889. The monoisotopic (exact) mass is 262 g/mol. The molecule has 0 spiro atoms. The zero-order valence-corrected chi connectivity index (χ0v) is 11.8. The van der Waals surface area contributed by atoms with Crippen LogP contribution in [0.2, 0.25) is 0 Å². The Morgan fingerprint density at radius 2 is 2.26 bits per heavy atom. The van der Waals surface area contributed by atoms with Crippen LogP contribution in [0.1, 0.15) is 25.3 Å². The Morgan fingerprint density at radius 3 is 2.95 bits per heavy atom. The SMILES string of the molecule is COc1ccc(C)cc1NC(=O)[C@H]1CCN[C@@H](C)C1. The van der Waals surface area contributed by atoms with Crippen LogP contribution in [0.25, 0.3) is 0 Å². The lowest BCUT2D eigenvalue weighted by Crippen LogP contribution is -2.40. The Morgan fingerprint density at radius 1 is 1.47 bits per heavy atom. The molecule has 1 aliphatic rings. The number of carbonyl (C=O) groups is 1. The van der Waals surface area contributed by atoms with Crippen molar-refractivity contribution in [2.24, 2.45) is 5.92 Å². The van der Waals surface area contributed by atoms with Gasteiger partial charge in [0.05, 0.1) is 12.8 Å². The van der Waals surface area contributed by atoms with E-state index in [1.54, 1.807) is 7.11 Å². The van der Waals surface area contributed by atoms with Gasteiger partial charge in [0.2, 0.25) is 5.91 Å². The first-order valence-electron chi connectivity index (χ1n) is 6.79. The quantitative estimate of drug-likeness (QED) is 0.879. The van der Waals surface area contributed by atoms with E-state index in [4.69, 9.17) is 4.74 Å². The van der Waals surface area contributed by atoms with Crippen molar-refractivity contribution < 1.29 is 9.53 Å². The second kappa shape index (κ2) is 6.06. The summed E-state index contributed by atoms with van der Waals surface area (Å²) in [6.07, 6.45) is 1.78. The summed E-state index contributed by atoms with van der Waals surface area (Å²) in [4.78, 5) is 12.3. The van der Waals surface area contributed by atoms with Gasteiger partial charge in [-0.1, -0.05) is 6.07 Å². The van der Waals surface area contributed by atoms with E-state index in [1.165, 1.54) is 0 Å². The van der Waals surface area contributed by atoms with Gasteiger partial charge in [0.15, 0.2) is 0 Å². The minimum Gasteiger partial charge on any atom is -0.495 e. The molecule has 0 aliphatic carbocycles. The summed E-state index contributed by atoms with van der Waals surface area (Å²) in [5.41, 5.74) is 1.87. The molecule has 1 aromatic carbocycles. The summed E-state index contributed by atoms with van der Waals surface area (Å²) >= 11 is 0. The van der Waals surface area contributed by atoms with Crippen molar-refractivity contribution in [2.75, 3.05) is 19.0 Å². The van der Waals surface area contributed by atoms with Gasteiger partial charge in [-0.3, -0.25) is 4.79 Å². The number of aryl methyl sites for hydroxylation is 1. The molecule has 1 aromatic rings. The first kappa shape index (κ1) is 13.9. The highest BCUT2D eigenvalue weighted by atomic mass is 16.5. The van der Waals surface area contributed by atoms with E-state index in [2.05, 4.69) is 17.6 Å². The zero-order valence-electron chi connectivity index (χ0n) is 11.8. The molecule has 4 heteroatoms. The number of hydrogen-bond donors (Lipinski definition) is 2. The van der Waals surface area contributed by atoms with Gasteiger partial charge in [0.1, 0.15) is 5.75 Å². The predicted octanol–water partition coefficient (Wildman–Crippen LogP) is 2.33. The molecule has 1 amide bonds. The van der Waals surface area contributed by atoms with Crippen LogP contribution in [0.3, 0.4) is 0 Å². The molecule has 19 heavy (non-hydrogen) atoms. The smallest absolute Gasteiger partial charge is 0.227 e. The Kier molecular flexibility index (Phi) is 4.43. The molecule has 2 rings (SSSR count). The van der Waals surface area contributed by atoms with Crippen LogP contribution in [-0.2, 0) is 4.79 Å². The second-order valence-corrected chi connectivity index (χ2v) is 5.27. The molecule has 2 N–H and O–H groups in total. The van der Waals surface area contributed by atoms with Gasteiger partial charge < -0.3 is 15.4 Å². The third-order valence-electron chi connectivity index (χ3n) is 3.61. The van der Waals surface area contributed by atoms with E-state index < -0.39 is 0 Å². The molecular formula is C15H22N2O2. The number of carbonyl (C=O) groups excluding carboxylic acids is 1. The topological polar surface area (TPSA) is 50.4 Å². The summed E-state index contributed by atoms with van der Waals surface area (Å²) in [5, 5.41) is 6.36. The van der Waals surface area contributed by atoms with Crippen molar-refractivity contribution >= 4 is 11.6 Å². The summed E-state index contributed by atoms with van der Waals surface area (Å²) in [6.45, 7) is 5.03. The van der Waals surface area contributed by atoms with E-state index in [1.807, 2.05) is 25.1 Å².